The number of H-pyrrole nitrogens is 1. The van der Waals surface area contributed by atoms with Crippen molar-refractivity contribution in [2.75, 3.05) is 18.5 Å². The summed E-state index contributed by atoms with van der Waals surface area (Å²) < 4.78 is 45.4. The second-order valence-corrected chi connectivity index (χ2v) is 5.46. The third-order valence-corrected chi connectivity index (χ3v) is 3.82. The van der Waals surface area contributed by atoms with Crippen molar-refractivity contribution in [3.63, 3.8) is 0 Å². The Balaban J connectivity index is 1.77. The van der Waals surface area contributed by atoms with E-state index in [9.17, 15) is 18.0 Å². The summed E-state index contributed by atoms with van der Waals surface area (Å²) in [5, 5.41) is 18.1. The molecule has 0 bridgehead atoms. The van der Waals surface area contributed by atoms with Crippen molar-refractivity contribution in [1.82, 2.24) is 10.2 Å². The van der Waals surface area contributed by atoms with Crippen LogP contribution in [0, 0.1) is 17.5 Å². The van der Waals surface area contributed by atoms with Crippen LogP contribution in [0.3, 0.4) is 0 Å². The fourth-order valence-electron chi connectivity index (χ4n) is 2.54. The molecule has 0 saturated carbocycles. The van der Waals surface area contributed by atoms with E-state index in [-0.39, 0.29) is 11.7 Å². The number of aromatic nitrogens is 2. The van der Waals surface area contributed by atoms with Crippen LogP contribution < -0.4 is 5.32 Å². The molecule has 9 heteroatoms. The van der Waals surface area contributed by atoms with Crippen LogP contribution in [0.15, 0.2) is 12.1 Å². The SMILES string of the molecule is O=C(Nc1cc(C2CCCOC2)[nH]n1)c1cc(F)c(F)c(O)c1F. The number of carbonyl (C=O) groups is 1. The monoisotopic (exact) mass is 341 g/mol. The van der Waals surface area contributed by atoms with Gasteiger partial charge in [0.1, 0.15) is 0 Å². The maximum atomic E-state index is 13.7. The Morgan fingerprint density at radius 3 is 2.83 bits per heavy atom. The van der Waals surface area contributed by atoms with Crippen molar-refractivity contribution >= 4 is 11.7 Å². The summed E-state index contributed by atoms with van der Waals surface area (Å²) in [4.78, 5) is 12.0. The molecule has 2 aromatic rings. The number of carbonyl (C=O) groups excluding carboxylic acids is 1. The quantitative estimate of drug-likeness (QED) is 0.749. The second kappa shape index (κ2) is 6.52. The molecule has 0 aliphatic carbocycles. The summed E-state index contributed by atoms with van der Waals surface area (Å²) in [6.07, 6.45) is 1.81. The molecular weight excluding hydrogens is 327 g/mol. The number of nitrogens with zero attached hydrogens (tertiary/aromatic N) is 1. The van der Waals surface area contributed by atoms with Crippen LogP contribution >= 0.6 is 0 Å². The average Bonchev–Trinajstić information content (AvgIpc) is 3.05. The van der Waals surface area contributed by atoms with Crippen molar-refractivity contribution in [2.45, 2.75) is 18.8 Å². The van der Waals surface area contributed by atoms with E-state index >= 15 is 0 Å². The topological polar surface area (TPSA) is 87.2 Å². The molecule has 24 heavy (non-hydrogen) atoms. The summed E-state index contributed by atoms with van der Waals surface area (Å²) in [7, 11) is 0. The van der Waals surface area contributed by atoms with Crippen LogP contribution in [-0.2, 0) is 4.74 Å². The minimum Gasteiger partial charge on any atom is -0.503 e. The number of hydrogen-bond acceptors (Lipinski definition) is 4. The number of anilines is 1. The third kappa shape index (κ3) is 3.07. The lowest BCUT2D eigenvalue weighted by atomic mass is 9.99. The number of amides is 1. The van der Waals surface area contributed by atoms with E-state index < -0.39 is 34.7 Å². The van der Waals surface area contributed by atoms with Crippen LogP contribution in [0.25, 0.3) is 0 Å². The molecule has 1 aliphatic heterocycles. The zero-order valence-electron chi connectivity index (χ0n) is 12.4. The largest absolute Gasteiger partial charge is 0.503 e. The Bertz CT molecular complexity index is 773. The van der Waals surface area contributed by atoms with E-state index in [0.29, 0.717) is 19.3 Å². The van der Waals surface area contributed by atoms with Gasteiger partial charge in [-0.2, -0.15) is 9.49 Å². The molecule has 1 unspecified atom stereocenters. The van der Waals surface area contributed by atoms with Crippen molar-refractivity contribution in [3.05, 3.63) is 40.8 Å². The molecule has 1 atom stereocenters. The number of hydrogen-bond donors (Lipinski definition) is 3. The molecule has 0 spiro atoms. The maximum absolute atomic E-state index is 13.7. The molecule has 1 fully saturated rings. The Morgan fingerprint density at radius 2 is 2.12 bits per heavy atom. The molecule has 3 N–H and O–H groups in total. The number of aromatic hydroxyl groups is 1. The van der Waals surface area contributed by atoms with Gasteiger partial charge in [-0.3, -0.25) is 9.89 Å². The van der Waals surface area contributed by atoms with Crippen molar-refractivity contribution in [3.8, 4) is 5.75 Å². The molecule has 0 radical (unpaired) electrons. The Hall–Kier alpha value is -2.55. The number of nitrogens with one attached hydrogen (secondary N) is 2. The zero-order valence-corrected chi connectivity index (χ0v) is 12.4. The van der Waals surface area contributed by atoms with Crippen molar-refractivity contribution in [2.24, 2.45) is 0 Å². The molecule has 1 amide bonds. The fraction of sp³-hybridized carbons (Fsp3) is 0.333. The van der Waals surface area contributed by atoms with Crippen LogP contribution in [-0.4, -0.2) is 34.4 Å². The number of rotatable bonds is 3. The van der Waals surface area contributed by atoms with Gasteiger partial charge in [-0.1, -0.05) is 0 Å². The third-order valence-electron chi connectivity index (χ3n) is 3.82. The standard InChI is InChI=1S/C15H14F3N3O3/c16-9-4-8(12(17)14(22)13(9)18)15(23)19-11-5-10(20-21-11)7-2-1-3-24-6-7/h4-5,7,22H,1-3,6H2,(H2,19,20,21,23). The molecular formula is C15H14F3N3O3. The van der Waals surface area contributed by atoms with Crippen LogP contribution in [0.4, 0.5) is 19.0 Å². The Labute approximate surface area is 134 Å². The fourth-order valence-corrected chi connectivity index (χ4v) is 2.54. The van der Waals surface area contributed by atoms with Crippen LogP contribution in [0.2, 0.25) is 0 Å². The number of halogens is 3. The first-order valence-electron chi connectivity index (χ1n) is 7.28. The highest BCUT2D eigenvalue weighted by atomic mass is 19.2. The number of phenolic OH excluding ortho intramolecular Hbond substituents is 1. The number of aromatic amines is 1. The number of phenols is 1. The molecule has 2 heterocycles. The minimum atomic E-state index is -1.75. The predicted octanol–water partition coefficient (Wildman–Crippen LogP) is 2.68. The first-order valence-corrected chi connectivity index (χ1v) is 7.28. The number of benzene rings is 1. The van der Waals surface area contributed by atoms with E-state index in [1.165, 1.54) is 0 Å². The lowest BCUT2D eigenvalue weighted by molar-refractivity contribution is 0.0793. The summed E-state index contributed by atoms with van der Waals surface area (Å²) in [6.45, 7) is 1.23. The molecule has 1 saturated heterocycles. The molecule has 1 aromatic carbocycles. The summed E-state index contributed by atoms with van der Waals surface area (Å²) >= 11 is 0. The molecule has 3 rings (SSSR count). The summed E-state index contributed by atoms with van der Waals surface area (Å²) in [5.74, 6) is -7.20. The van der Waals surface area contributed by atoms with E-state index in [1.807, 2.05) is 0 Å². The van der Waals surface area contributed by atoms with Gasteiger partial charge in [-0.15, -0.1) is 0 Å². The smallest absolute Gasteiger partial charge is 0.260 e. The highest BCUT2D eigenvalue weighted by Gasteiger charge is 2.24. The summed E-state index contributed by atoms with van der Waals surface area (Å²) in [6, 6.07) is 1.94. The lowest BCUT2D eigenvalue weighted by Gasteiger charge is -2.20. The van der Waals surface area contributed by atoms with Gasteiger partial charge in [0.25, 0.3) is 5.91 Å². The number of ether oxygens (including phenoxy) is 1. The minimum absolute atomic E-state index is 0.101. The molecule has 1 aliphatic rings. The van der Waals surface area contributed by atoms with Gasteiger partial charge in [-0.25, -0.2) is 8.78 Å². The van der Waals surface area contributed by atoms with Gasteiger partial charge in [0.2, 0.25) is 5.82 Å². The van der Waals surface area contributed by atoms with Gasteiger partial charge in [0, 0.05) is 24.3 Å². The van der Waals surface area contributed by atoms with Gasteiger partial charge in [0.05, 0.1) is 12.2 Å². The van der Waals surface area contributed by atoms with Crippen LogP contribution in [0.1, 0.15) is 34.8 Å². The lowest BCUT2D eigenvalue weighted by Crippen LogP contribution is -2.16. The van der Waals surface area contributed by atoms with E-state index in [2.05, 4.69) is 15.5 Å². The maximum Gasteiger partial charge on any atom is 0.260 e. The van der Waals surface area contributed by atoms with Gasteiger partial charge < -0.3 is 15.2 Å². The van der Waals surface area contributed by atoms with Crippen LogP contribution in [0.5, 0.6) is 5.75 Å². The van der Waals surface area contributed by atoms with Gasteiger partial charge >= 0.3 is 0 Å². The van der Waals surface area contributed by atoms with Crippen molar-refractivity contribution < 1.29 is 27.8 Å². The summed E-state index contributed by atoms with van der Waals surface area (Å²) in [5.41, 5.74) is -0.0736. The zero-order chi connectivity index (χ0) is 17.3. The first-order chi connectivity index (χ1) is 11.5. The average molecular weight is 341 g/mol. The predicted molar refractivity (Wildman–Crippen MR) is 77.3 cm³/mol. The molecule has 6 nitrogen and oxygen atoms in total. The molecule has 128 valence electrons. The van der Waals surface area contributed by atoms with E-state index in [1.54, 1.807) is 6.07 Å². The first kappa shape index (κ1) is 16.3. The van der Waals surface area contributed by atoms with Crippen molar-refractivity contribution in [1.29, 1.82) is 0 Å². The van der Waals surface area contributed by atoms with E-state index in [4.69, 9.17) is 9.84 Å². The highest BCUT2D eigenvalue weighted by Crippen LogP contribution is 2.27. The molecule has 1 aromatic heterocycles. The second-order valence-electron chi connectivity index (χ2n) is 5.46. The van der Waals surface area contributed by atoms with Gasteiger partial charge in [-0.05, 0) is 18.9 Å². The van der Waals surface area contributed by atoms with Gasteiger partial charge in [0.15, 0.2) is 23.2 Å². The Morgan fingerprint density at radius 1 is 1.33 bits per heavy atom. The highest BCUT2D eigenvalue weighted by molar-refractivity contribution is 6.04. The Kier molecular flexibility index (Phi) is 4.43. The van der Waals surface area contributed by atoms with E-state index in [0.717, 1.165) is 18.5 Å². The normalized spacial score (nSPS) is 17.7.